The number of H-pyrrole nitrogens is 1. The predicted octanol–water partition coefficient (Wildman–Crippen LogP) is 1.43. The van der Waals surface area contributed by atoms with Crippen molar-refractivity contribution in [1.29, 1.82) is 0 Å². The molecular weight excluding hydrogens is 278 g/mol. The van der Waals surface area contributed by atoms with Crippen LogP contribution >= 0.6 is 11.8 Å². The number of benzene rings is 1. The summed E-state index contributed by atoms with van der Waals surface area (Å²) in [4.78, 5) is 16.0. The highest BCUT2D eigenvalue weighted by Gasteiger charge is 2.10. The number of carbonyl (C=O) groups excluding carboxylic acids is 1. The molecule has 0 aliphatic heterocycles. The monoisotopic (exact) mass is 293 g/mol. The van der Waals surface area contributed by atoms with E-state index in [1.807, 2.05) is 0 Å². The van der Waals surface area contributed by atoms with Gasteiger partial charge in [-0.1, -0.05) is 11.8 Å². The lowest BCUT2D eigenvalue weighted by molar-refractivity contribution is -0.113. The summed E-state index contributed by atoms with van der Waals surface area (Å²) < 4.78 is 5.16. The summed E-state index contributed by atoms with van der Waals surface area (Å²) in [5.74, 6) is 1.29. The number of nitrogens with two attached hydrogens (primary N) is 1. The van der Waals surface area contributed by atoms with Crippen LogP contribution < -0.4 is 15.8 Å². The van der Waals surface area contributed by atoms with Crippen molar-refractivity contribution in [2.45, 2.75) is 12.1 Å². The van der Waals surface area contributed by atoms with Gasteiger partial charge in [-0.3, -0.25) is 9.89 Å². The molecule has 0 bridgehead atoms. The molecule has 4 N–H and O–H groups in total. The highest BCUT2D eigenvalue weighted by atomic mass is 32.2. The van der Waals surface area contributed by atoms with Crippen LogP contribution in [0.4, 0.5) is 11.4 Å². The van der Waals surface area contributed by atoms with Gasteiger partial charge >= 0.3 is 0 Å². The first kappa shape index (κ1) is 14.2. The number of carbonyl (C=O) groups is 1. The van der Waals surface area contributed by atoms with Crippen molar-refractivity contribution in [3.63, 3.8) is 0 Å². The maximum atomic E-state index is 11.9. The zero-order chi connectivity index (χ0) is 14.5. The van der Waals surface area contributed by atoms with E-state index in [1.54, 1.807) is 25.1 Å². The third kappa shape index (κ3) is 3.64. The van der Waals surface area contributed by atoms with Gasteiger partial charge in [-0.25, -0.2) is 4.98 Å². The summed E-state index contributed by atoms with van der Waals surface area (Å²) in [6.45, 7) is 1.80. The molecule has 2 rings (SSSR count). The van der Waals surface area contributed by atoms with Crippen molar-refractivity contribution in [1.82, 2.24) is 15.2 Å². The van der Waals surface area contributed by atoms with Gasteiger partial charge in [-0.05, 0) is 19.1 Å². The number of methoxy groups -OCH3 is 1. The first-order valence-electron chi connectivity index (χ1n) is 5.83. The first-order valence-corrected chi connectivity index (χ1v) is 6.82. The van der Waals surface area contributed by atoms with Crippen molar-refractivity contribution in [2.24, 2.45) is 0 Å². The van der Waals surface area contributed by atoms with Gasteiger partial charge in [0.15, 0.2) is 0 Å². The Morgan fingerprint density at radius 1 is 1.55 bits per heavy atom. The molecule has 0 spiro atoms. The molecule has 0 aliphatic carbocycles. The molecule has 106 valence electrons. The number of aromatic nitrogens is 3. The van der Waals surface area contributed by atoms with Crippen molar-refractivity contribution in [3.05, 3.63) is 24.0 Å². The fourth-order valence-corrected chi connectivity index (χ4v) is 2.16. The van der Waals surface area contributed by atoms with Gasteiger partial charge in [-0.15, -0.1) is 5.10 Å². The molecule has 1 amide bonds. The van der Waals surface area contributed by atoms with E-state index < -0.39 is 0 Å². The molecule has 1 aromatic heterocycles. The number of hydrogen-bond acceptors (Lipinski definition) is 6. The number of thioether (sulfide) groups is 1. The van der Waals surface area contributed by atoms with Crippen LogP contribution in [0.25, 0.3) is 0 Å². The highest BCUT2D eigenvalue weighted by Crippen LogP contribution is 2.26. The molecule has 0 saturated carbocycles. The quantitative estimate of drug-likeness (QED) is 0.569. The number of rotatable bonds is 5. The summed E-state index contributed by atoms with van der Waals surface area (Å²) in [6, 6.07) is 5.05. The third-order valence-corrected chi connectivity index (χ3v) is 3.26. The normalized spacial score (nSPS) is 10.3. The topological polar surface area (TPSA) is 106 Å². The maximum Gasteiger partial charge on any atom is 0.234 e. The Labute approximate surface area is 120 Å². The third-order valence-electron chi connectivity index (χ3n) is 2.41. The molecule has 0 aliphatic rings. The minimum atomic E-state index is -0.166. The molecule has 0 radical (unpaired) electrons. The number of hydrogen-bond donors (Lipinski definition) is 3. The van der Waals surface area contributed by atoms with E-state index in [9.17, 15) is 4.79 Å². The minimum absolute atomic E-state index is 0.166. The number of aryl methyl sites for hydroxylation is 1. The number of anilines is 2. The Hall–Kier alpha value is -2.22. The second-order valence-electron chi connectivity index (χ2n) is 4.00. The van der Waals surface area contributed by atoms with Crippen molar-refractivity contribution in [3.8, 4) is 5.75 Å². The van der Waals surface area contributed by atoms with E-state index in [0.29, 0.717) is 28.1 Å². The lowest BCUT2D eigenvalue weighted by atomic mass is 10.2. The molecule has 8 heteroatoms. The van der Waals surface area contributed by atoms with Gasteiger partial charge in [0.05, 0.1) is 18.6 Å². The second kappa shape index (κ2) is 6.29. The molecular formula is C12H15N5O2S. The van der Waals surface area contributed by atoms with Crippen LogP contribution in [0.2, 0.25) is 0 Å². The van der Waals surface area contributed by atoms with E-state index in [4.69, 9.17) is 10.5 Å². The average Bonchev–Trinajstić information content (AvgIpc) is 2.84. The van der Waals surface area contributed by atoms with E-state index >= 15 is 0 Å². The molecule has 20 heavy (non-hydrogen) atoms. The molecule has 1 heterocycles. The van der Waals surface area contributed by atoms with Gasteiger partial charge < -0.3 is 15.8 Å². The van der Waals surface area contributed by atoms with Crippen molar-refractivity contribution in [2.75, 3.05) is 23.9 Å². The minimum Gasteiger partial charge on any atom is -0.494 e. The molecule has 7 nitrogen and oxygen atoms in total. The molecule has 0 atom stereocenters. The summed E-state index contributed by atoms with van der Waals surface area (Å²) in [7, 11) is 1.52. The van der Waals surface area contributed by atoms with Crippen LogP contribution in [-0.2, 0) is 4.79 Å². The predicted molar refractivity (Wildman–Crippen MR) is 77.9 cm³/mol. The molecule has 0 unspecified atom stereocenters. The first-order chi connectivity index (χ1) is 9.58. The van der Waals surface area contributed by atoms with Gasteiger partial charge in [0, 0.05) is 11.8 Å². The lowest BCUT2D eigenvalue weighted by Crippen LogP contribution is -2.14. The number of ether oxygens (including phenoxy) is 1. The summed E-state index contributed by atoms with van der Waals surface area (Å²) in [5, 5.41) is 9.97. The van der Waals surface area contributed by atoms with E-state index in [1.165, 1.54) is 18.9 Å². The van der Waals surface area contributed by atoms with E-state index in [-0.39, 0.29) is 11.7 Å². The fourth-order valence-electron chi connectivity index (χ4n) is 1.51. The number of amides is 1. The van der Waals surface area contributed by atoms with Crippen LogP contribution in [0, 0.1) is 6.92 Å². The Morgan fingerprint density at radius 2 is 2.35 bits per heavy atom. The van der Waals surface area contributed by atoms with Crippen LogP contribution in [0.3, 0.4) is 0 Å². The number of aromatic amines is 1. The van der Waals surface area contributed by atoms with Crippen LogP contribution in [0.15, 0.2) is 23.4 Å². The van der Waals surface area contributed by atoms with Crippen molar-refractivity contribution >= 4 is 29.0 Å². The fraction of sp³-hybridized carbons (Fsp3) is 0.250. The Morgan fingerprint density at radius 3 is 3.00 bits per heavy atom. The Kier molecular flexibility index (Phi) is 4.46. The zero-order valence-corrected chi connectivity index (χ0v) is 12.0. The summed E-state index contributed by atoms with van der Waals surface area (Å²) >= 11 is 1.25. The standard InChI is InChI=1S/C12H15N5O2S/c1-7-14-12(17-16-7)20-6-11(18)15-9-4-3-8(13)5-10(9)19-2/h3-5H,6,13H2,1-2H3,(H,15,18)(H,14,16,17). The van der Waals surface area contributed by atoms with Gasteiger partial charge in [0.2, 0.25) is 11.1 Å². The van der Waals surface area contributed by atoms with Crippen LogP contribution in [-0.4, -0.2) is 34.0 Å². The van der Waals surface area contributed by atoms with E-state index in [2.05, 4.69) is 20.5 Å². The second-order valence-corrected chi connectivity index (χ2v) is 4.94. The zero-order valence-electron chi connectivity index (χ0n) is 11.1. The SMILES string of the molecule is COc1cc(N)ccc1NC(=O)CSc1n[nH]c(C)n1. The Bertz CT molecular complexity index is 614. The highest BCUT2D eigenvalue weighted by molar-refractivity contribution is 7.99. The van der Waals surface area contributed by atoms with Crippen LogP contribution in [0.5, 0.6) is 5.75 Å². The molecule has 1 aromatic carbocycles. The maximum absolute atomic E-state index is 11.9. The largest absolute Gasteiger partial charge is 0.494 e. The Balaban J connectivity index is 1.94. The molecule has 2 aromatic rings. The summed E-state index contributed by atoms with van der Waals surface area (Å²) in [5.41, 5.74) is 6.81. The van der Waals surface area contributed by atoms with E-state index in [0.717, 1.165) is 0 Å². The average molecular weight is 293 g/mol. The van der Waals surface area contributed by atoms with Gasteiger partial charge in [0.25, 0.3) is 0 Å². The lowest BCUT2D eigenvalue weighted by Gasteiger charge is -2.10. The summed E-state index contributed by atoms with van der Waals surface area (Å²) in [6.07, 6.45) is 0. The van der Waals surface area contributed by atoms with Gasteiger partial charge in [-0.2, -0.15) is 0 Å². The number of nitrogens with one attached hydrogen (secondary N) is 2. The smallest absolute Gasteiger partial charge is 0.234 e. The van der Waals surface area contributed by atoms with Crippen molar-refractivity contribution < 1.29 is 9.53 Å². The van der Waals surface area contributed by atoms with Crippen LogP contribution in [0.1, 0.15) is 5.82 Å². The van der Waals surface area contributed by atoms with Gasteiger partial charge in [0.1, 0.15) is 11.6 Å². The molecule has 0 fully saturated rings. The molecule has 0 saturated heterocycles. The number of nitrogen functional groups attached to an aromatic ring is 1. The number of nitrogens with zero attached hydrogens (tertiary/aromatic N) is 2.